The SMILES string of the molecule is CCNC(=NCC(C)(O)c1ccco1)NCC1CCN(S(=O)(=O)C(F)(F)F)CC1. The van der Waals surface area contributed by atoms with Gasteiger partial charge in [0.05, 0.1) is 12.8 Å². The fraction of sp³-hybridized carbons (Fsp3) is 0.706. The molecule has 1 saturated heterocycles. The number of halogens is 3. The van der Waals surface area contributed by atoms with Crippen LogP contribution in [0.5, 0.6) is 0 Å². The molecule has 0 saturated carbocycles. The number of rotatable bonds is 7. The number of alkyl halides is 3. The Hall–Kier alpha value is -1.79. The van der Waals surface area contributed by atoms with E-state index in [1.165, 1.54) is 6.26 Å². The van der Waals surface area contributed by atoms with Crippen LogP contribution in [0.1, 0.15) is 32.4 Å². The van der Waals surface area contributed by atoms with Crippen LogP contribution in [-0.4, -0.2) is 62.0 Å². The summed E-state index contributed by atoms with van der Waals surface area (Å²) in [5.41, 5.74) is -6.56. The van der Waals surface area contributed by atoms with Crippen LogP contribution in [0.15, 0.2) is 27.8 Å². The van der Waals surface area contributed by atoms with Gasteiger partial charge in [0.15, 0.2) is 5.96 Å². The van der Waals surface area contributed by atoms with E-state index in [2.05, 4.69) is 15.6 Å². The van der Waals surface area contributed by atoms with Crippen molar-refractivity contribution in [3.63, 3.8) is 0 Å². The first-order valence-corrected chi connectivity index (χ1v) is 10.8. The molecule has 1 unspecified atom stereocenters. The summed E-state index contributed by atoms with van der Waals surface area (Å²) >= 11 is 0. The lowest BCUT2D eigenvalue weighted by Gasteiger charge is -2.31. The summed E-state index contributed by atoms with van der Waals surface area (Å²) in [5.74, 6) is 0.837. The Morgan fingerprint density at radius 2 is 2.00 bits per heavy atom. The summed E-state index contributed by atoms with van der Waals surface area (Å²) < 4.78 is 66.6. The Labute approximate surface area is 168 Å². The Balaban J connectivity index is 1.88. The topological polar surface area (TPSA) is 107 Å². The molecule has 29 heavy (non-hydrogen) atoms. The molecule has 0 aromatic carbocycles. The molecule has 0 spiro atoms. The smallest absolute Gasteiger partial charge is 0.466 e. The number of aliphatic hydroxyl groups is 1. The van der Waals surface area contributed by atoms with Gasteiger partial charge in [-0.05, 0) is 44.7 Å². The molecule has 3 N–H and O–H groups in total. The minimum atomic E-state index is -5.27. The van der Waals surface area contributed by atoms with Crippen molar-refractivity contribution in [3.8, 4) is 0 Å². The number of guanidine groups is 1. The molecule has 0 aliphatic carbocycles. The van der Waals surface area contributed by atoms with Crippen LogP contribution in [0.3, 0.4) is 0 Å². The highest BCUT2D eigenvalue weighted by Crippen LogP contribution is 2.30. The normalized spacial score (nSPS) is 19.7. The Bertz CT molecular complexity index is 771. The van der Waals surface area contributed by atoms with E-state index in [1.54, 1.807) is 19.1 Å². The minimum absolute atomic E-state index is 0.00382. The van der Waals surface area contributed by atoms with E-state index in [0.717, 1.165) is 0 Å². The minimum Gasteiger partial charge on any atom is -0.466 e. The van der Waals surface area contributed by atoms with Gasteiger partial charge in [-0.1, -0.05) is 0 Å². The molecule has 0 amide bonds. The third kappa shape index (κ3) is 6.09. The van der Waals surface area contributed by atoms with Crippen LogP contribution in [0.4, 0.5) is 13.2 Å². The molecule has 12 heteroatoms. The van der Waals surface area contributed by atoms with E-state index in [4.69, 9.17) is 4.42 Å². The summed E-state index contributed by atoms with van der Waals surface area (Å²) in [4.78, 5) is 4.34. The molecular weight excluding hydrogens is 413 g/mol. The van der Waals surface area contributed by atoms with Gasteiger partial charge in [-0.2, -0.15) is 17.5 Å². The molecule has 8 nitrogen and oxygen atoms in total. The van der Waals surface area contributed by atoms with Crippen LogP contribution in [-0.2, 0) is 15.6 Å². The molecule has 1 aromatic heterocycles. The van der Waals surface area contributed by atoms with E-state index in [-0.39, 0.29) is 25.6 Å². The Morgan fingerprint density at radius 3 is 2.52 bits per heavy atom. The molecule has 2 rings (SSSR count). The lowest BCUT2D eigenvalue weighted by Crippen LogP contribution is -2.47. The molecule has 1 fully saturated rings. The highest BCUT2D eigenvalue weighted by Gasteiger charge is 2.50. The molecule has 2 heterocycles. The molecular formula is C17H27F3N4O4S. The van der Waals surface area contributed by atoms with Crippen LogP contribution in [0.25, 0.3) is 0 Å². The highest BCUT2D eigenvalue weighted by atomic mass is 32.2. The van der Waals surface area contributed by atoms with Gasteiger partial charge in [-0.3, -0.25) is 0 Å². The summed E-state index contributed by atoms with van der Waals surface area (Å²) in [6.07, 6.45) is 2.08. The Kier molecular flexibility index (Phi) is 7.57. The maximum atomic E-state index is 12.6. The molecule has 0 bridgehead atoms. The maximum absolute atomic E-state index is 12.6. The predicted molar refractivity (Wildman–Crippen MR) is 102 cm³/mol. The second kappa shape index (κ2) is 9.35. The average Bonchev–Trinajstić information content (AvgIpc) is 3.19. The van der Waals surface area contributed by atoms with Crippen molar-refractivity contribution in [2.45, 2.75) is 37.8 Å². The van der Waals surface area contributed by atoms with Gasteiger partial charge in [-0.15, -0.1) is 0 Å². The summed E-state index contributed by atoms with van der Waals surface area (Å²) in [5, 5.41) is 16.6. The monoisotopic (exact) mass is 440 g/mol. The van der Waals surface area contributed by atoms with Gasteiger partial charge < -0.3 is 20.2 Å². The van der Waals surface area contributed by atoms with Crippen molar-refractivity contribution >= 4 is 16.0 Å². The fourth-order valence-electron chi connectivity index (χ4n) is 2.98. The predicted octanol–water partition coefficient (Wildman–Crippen LogP) is 1.60. The quantitative estimate of drug-likeness (QED) is 0.439. The number of nitrogens with zero attached hydrogens (tertiary/aromatic N) is 2. The second-order valence-electron chi connectivity index (χ2n) is 7.12. The third-order valence-electron chi connectivity index (χ3n) is 4.71. The van der Waals surface area contributed by atoms with Crippen molar-refractivity contribution in [2.75, 3.05) is 32.7 Å². The number of piperidine rings is 1. The molecule has 1 aliphatic rings. The van der Waals surface area contributed by atoms with Crippen LogP contribution < -0.4 is 10.6 Å². The highest BCUT2D eigenvalue weighted by molar-refractivity contribution is 7.90. The van der Waals surface area contributed by atoms with Gasteiger partial charge in [-0.25, -0.2) is 13.4 Å². The second-order valence-corrected chi connectivity index (χ2v) is 9.05. The van der Waals surface area contributed by atoms with Crippen molar-refractivity contribution in [1.82, 2.24) is 14.9 Å². The standard InChI is InChI=1S/C17H27F3N4O4S/c1-3-21-15(23-12-16(2,25)14-5-4-10-28-14)22-11-13-6-8-24(9-7-13)29(26,27)17(18,19)20/h4-5,10,13,25H,3,6-9,11-12H2,1-2H3,(H2,21,22,23). The van der Waals surface area contributed by atoms with Gasteiger partial charge in [0.1, 0.15) is 11.4 Å². The van der Waals surface area contributed by atoms with E-state index < -0.39 is 21.1 Å². The first-order chi connectivity index (χ1) is 13.5. The summed E-state index contributed by atoms with van der Waals surface area (Å²) in [6.45, 7) is 4.16. The van der Waals surface area contributed by atoms with Gasteiger partial charge in [0.2, 0.25) is 0 Å². The van der Waals surface area contributed by atoms with E-state index >= 15 is 0 Å². The zero-order chi connectivity index (χ0) is 21.7. The number of hydrogen-bond donors (Lipinski definition) is 3. The van der Waals surface area contributed by atoms with Gasteiger partial charge >= 0.3 is 15.5 Å². The summed E-state index contributed by atoms with van der Waals surface area (Å²) in [6, 6.07) is 3.32. The zero-order valence-electron chi connectivity index (χ0n) is 16.4. The number of nitrogens with one attached hydrogen (secondary N) is 2. The lowest BCUT2D eigenvalue weighted by atomic mass is 9.98. The summed E-state index contributed by atoms with van der Waals surface area (Å²) in [7, 11) is -5.27. The first-order valence-electron chi connectivity index (χ1n) is 9.32. The number of hydrogen-bond acceptors (Lipinski definition) is 5. The number of aliphatic imine (C=N–C) groups is 1. The maximum Gasteiger partial charge on any atom is 0.511 e. The molecule has 1 atom stereocenters. The van der Waals surface area contributed by atoms with Crippen molar-refractivity contribution in [2.24, 2.45) is 10.9 Å². The van der Waals surface area contributed by atoms with Crippen molar-refractivity contribution in [1.29, 1.82) is 0 Å². The molecule has 1 aromatic rings. The zero-order valence-corrected chi connectivity index (χ0v) is 17.2. The molecule has 166 valence electrons. The van der Waals surface area contributed by atoms with Crippen molar-refractivity contribution in [3.05, 3.63) is 24.2 Å². The van der Waals surface area contributed by atoms with Crippen LogP contribution in [0, 0.1) is 5.92 Å². The molecule has 0 radical (unpaired) electrons. The Morgan fingerprint density at radius 1 is 1.34 bits per heavy atom. The molecule has 1 aliphatic heterocycles. The number of furan rings is 1. The van der Waals surface area contributed by atoms with Crippen LogP contribution >= 0.6 is 0 Å². The van der Waals surface area contributed by atoms with Gasteiger partial charge in [0.25, 0.3) is 0 Å². The van der Waals surface area contributed by atoms with Gasteiger partial charge in [0, 0.05) is 26.2 Å². The first kappa shape index (κ1) is 23.5. The van der Waals surface area contributed by atoms with Crippen molar-refractivity contribution < 1.29 is 31.1 Å². The lowest BCUT2D eigenvalue weighted by molar-refractivity contribution is -0.0496. The largest absolute Gasteiger partial charge is 0.511 e. The van der Waals surface area contributed by atoms with E-state index in [1.807, 2.05) is 6.92 Å². The third-order valence-corrected chi connectivity index (χ3v) is 6.34. The van der Waals surface area contributed by atoms with E-state index in [0.29, 0.717) is 42.0 Å². The number of sulfonamides is 1. The van der Waals surface area contributed by atoms with Crippen LogP contribution in [0.2, 0.25) is 0 Å². The fourth-order valence-corrected chi connectivity index (χ4v) is 3.96. The average molecular weight is 440 g/mol. The van der Waals surface area contributed by atoms with E-state index in [9.17, 15) is 26.7 Å².